The molecule has 31 heavy (non-hydrogen) atoms. The Balaban J connectivity index is 1.55. The fraction of sp³-hybridized carbons (Fsp3) is 0.0455. The summed E-state index contributed by atoms with van der Waals surface area (Å²) in [5, 5.41) is 9.36. The molecular weight excluding hydrogens is 461 g/mol. The first-order valence-corrected chi connectivity index (χ1v) is 10.5. The molecule has 2 aromatic carbocycles. The summed E-state index contributed by atoms with van der Waals surface area (Å²) in [6, 6.07) is 13.8. The van der Waals surface area contributed by atoms with E-state index in [1.54, 1.807) is 36.4 Å². The van der Waals surface area contributed by atoms with Crippen molar-refractivity contribution in [2.75, 3.05) is 0 Å². The molecule has 1 saturated heterocycles. The number of nitrogens with zero attached hydrogens (tertiary/aromatic N) is 1. The summed E-state index contributed by atoms with van der Waals surface area (Å²) in [6.45, 7) is 0.244. The van der Waals surface area contributed by atoms with E-state index in [1.165, 1.54) is 29.2 Å². The number of halogens is 2. The second kappa shape index (κ2) is 8.66. The predicted molar refractivity (Wildman–Crippen MR) is 121 cm³/mol. The summed E-state index contributed by atoms with van der Waals surface area (Å²) in [6.07, 6.45) is 1.58. The SMILES string of the molecule is O=C(O)c1cc(-c2ccc(C=C3SC(=S)N(Cc4ccc(F)cc4)C3=O)o2)ccc1Cl. The lowest BCUT2D eigenvalue weighted by atomic mass is 10.1. The average Bonchev–Trinajstić information content (AvgIpc) is 3.30. The number of benzene rings is 2. The van der Waals surface area contributed by atoms with E-state index in [1.807, 2.05) is 0 Å². The van der Waals surface area contributed by atoms with E-state index in [-0.39, 0.29) is 28.9 Å². The second-order valence-corrected chi connectivity index (χ2v) is 8.68. The largest absolute Gasteiger partial charge is 0.478 e. The number of aromatic carboxylic acids is 1. The number of carboxylic acid groups (broad SMARTS) is 1. The Labute approximate surface area is 191 Å². The number of rotatable bonds is 5. The van der Waals surface area contributed by atoms with Crippen LogP contribution in [0.1, 0.15) is 21.7 Å². The second-order valence-electron chi connectivity index (χ2n) is 6.60. The maximum Gasteiger partial charge on any atom is 0.337 e. The van der Waals surface area contributed by atoms with Gasteiger partial charge in [0.1, 0.15) is 21.7 Å². The molecule has 9 heteroatoms. The van der Waals surface area contributed by atoms with Crippen molar-refractivity contribution in [3.63, 3.8) is 0 Å². The lowest BCUT2D eigenvalue weighted by Crippen LogP contribution is -2.27. The number of furan rings is 1. The third-order valence-corrected chi connectivity index (χ3v) is 6.22. The zero-order valence-corrected chi connectivity index (χ0v) is 18.1. The van der Waals surface area contributed by atoms with E-state index in [0.29, 0.717) is 26.3 Å². The van der Waals surface area contributed by atoms with E-state index >= 15 is 0 Å². The minimum atomic E-state index is -1.14. The van der Waals surface area contributed by atoms with Gasteiger partial charge in [-0.1, -0.05) is 47.7 Å². The number of carbonyl (C=O) groups excluding carboxylic acids is 1. The molecule has 4 rings (SSSR count). The van der Waals surface area contributed by atoms with Crippen molar-refractivity contribution < 1.29 is 23.5 Å². The molecule has 1 fully saturated rings. The van der Waals surface area contributed by atoms with Crippen LogP contribution in [0.2, 0.25) is 5.02 Å². The fourth-order valence-electron chi connectivity index (χ4n) is 2.97. The van der Waals surface area contributed by atoms with Gasteiger partial charge in [-0.2, -0.15) is 0 Å². The highest BCUT2D eigenvalue weighted by Crippen LogP contribution is 2.35. The first-order valence-electron chi connectivity index (χ1n) is 8.94. The van der Waals surface area contributed by atoms with Crippen LogP contribution in [0.15, 0.2) is 63.9 Å². The van der Waals surface area contributed by atoms with Gasteiger partial charge in [0.15, 0.2) is 0 Å². The van der Waals surface area contributed by atoms with Crippen LogP contribution in [-0.4, -0.2) is 26.2 Å². The van der Waals surface area contributed by atoms with Crippen LogP contribution in [0, 0.1) is 5.82 Å². The number of hydrogen-bond acceptors (Lipinski definition) is 5. The zero-order chi connectivity index (χ0) is 22.1. The Morgan fingerprint density at radius 1 is 1.19 bits per heavy atom. The smallest absolute Gasteiger partial charge is 0.337 e. The van der Waals surface area contributed by atoms with Gasteiger partial charge >= 0.3 is 5.97 Å². The van der Waals surface area contributed by atoms with Crippen LogP contribution in [0.4, 0.5) is 4.39 Å². The summed E-state index contributed by atoms with van der Waals surface area (Å²) in [4.78, 5) is 25.9. The molecule has 5 nitrogen and oxygen atoms in total. The van der Waals surface area contributed by atoms with Crippen LogP contribution in [-0.2, 0) is 11.3 Å². The minimum Gasteiger partial charge on any atom is -0.478 e. The van der Waals surface area contributed by atoms with Crippen LogP contribution >= 0.6 is 35.6 Å². The highest BCUT2D eigenvalue weighted by Gasteiger charge is 2.32. The van der Waals surface area contributed by atoms with E-state index in [2.05, 4.69) is 0 Å². The molecule has 0 spiro atoms. The third-order valence-electron chi connectivity index (χ3n) is 4.51. The number of thioether (sulfide) groups is 1. The van der Waals surface area contributed by atoms with Crippen molar-refractivity contribution >= 4 is 57.9 Å². The van der Waals surface area contributed by atoms with Crippen LogP contribution in [0.25, 0.3) is 17.4 Å². The Hall–Kier alpha value is -2.94. The van der Waals surface area contributed by atoms with E-state index in [9.17, 15) is 19.1 Å². The van der Waals surface area contributed by atoms with Gasteiger partial charge in [-0.3, -0.25) is 9.69 Å². The first kappa shape index (κ1) is 21.3. The molecule has 0 unspecified atom stereocenters. The Morgan fingerprint density at radius 3 is 2.65 bits per heavy atom. The molecule has 0 radical (unpaired) electrons. The monoisotopic (exact) mass is 473 g/mol. The van der Waals surface area contributed by atoms with Gasteiger partial charge in [-0.25, -0.2) is 9.18 Å². The Morgan fingerprint density at radius 2 is 1.94 bits per heavy atom. The van der Waals surface area contributed by atoms with Gasteiger partial charge in [0.05, 0.1) is 22.0 Å². The molecule has 0 atom stereocenters. The topological polar surface area (TPSA) is 70.8 Å². The van der Waals surface area contributed by atoms with Crippen molar-refractivity contribution in [3.8, 4) is 11.3 Å². The molecule has 156 valence electrons. The maximum atomic E-state index is 13.1. The molecule has 1 amide bonds. The molecule has 0 bridgehead atoms. The summed E-state index contributed by atoms with van der Waals surface area (Å²) < 4.78 is 19.3. The average molecular weight is 474 g/mol. The normalized spacial score (nSPS) is 15.2. The van der Waals surface area contributed by atoms with Gasteiger partial charge < -0.3 is 9.52 Å². The molecule has 1 aliphatic heterocycles. The standard InChI is InChI=1S/C22H13ClFNO4S2/c23-17-7-3-13(9-16(17)21(27)28)18-8-6-15(29-18)10-19-20(26)25(22(30)31-19)11-12-1-4-14(24)5-2-12/h1-10H,11H2,(H,27,28). The molecule has 1 aliphatic rings. The molecule has 0 aliphatic carbocycles. The number of hydrogen-bond donors (Lipinski definition) is 1. The summed E-state index contributed by atoms with van der Waals surface area (Å²) in [5.41, 5.74) is 1.28. The number of amides is 1. The third kappa shape index (κ3) is 4.56. The van der Waals surface area contributed by atoms with Crippen LogP contribution in [0.3, 0.4) is 0 Å². The van der Waals surface area contributed by atoms with E-state index in [0.717, 1.165) is 17.3 Å². The van der Waals surface area contributed by atoms with Gasteiger partial charge in [0.2, 0.25) is 0 Å². The molecule has 1 N–H and O–H groups in total. The lowest BCUT2D eigenvalue weighted by Gasteiger charge is -2.14. The van der Waals surface area contributed by atoms with E-state index < -0.39 is 5.97 Å². The Kier molecular flexibility index (Phi) is 5.95. The Bertz CT molecular complexity index is 1240. The molecule has 2 heterocycles. The van der Waals surface area contributed by atoms with Crippen molar-refractivity contribution in [2.24, 2.45) is 0 Å². The highest BCUT2D eigenvalue weighted by atomic mass is 35.5. The zero-order valence-electron chi connectivity index (χ0n) is 15.7. The van der Waals surface area contributed by atoms with Crippen LogP contribution in [0.5, 0.6) is 0 Å². The molecule has 0 saturated carbocycles. The number of carbonyl (C=O) groups is 2. The van der Waals surface area contributed by atoms with E-state index in [4.69, 9.17) is 28.2 Å². The van der Waals surface area contributed by atoms with Gasteiger partial charge in [-0.15, -0.1) is 0 Å². The maximum absolute atomic E-state index is 13.1. The van der Waals surface area contributed by atoms with Crippen molar-refractivity contribution in [1.82, 2.24) is 4.90 Å². The van der Waals surface area contributed by atoms with Crippen molar-refractivity contribution in [1.29, 1.82) is 0 Å². The van der Waals surface area contributed by atoms with Crippen LogP contribution < -0.4 is 0 Å². The lowest BCUT2D eigenvalue weighted by molar-refractivity contribution is -0.122. The number of carboxylic acids is 1. The fourth-order valence-corrected chi connectivity index (χ4v) is 4.40. The predicted octanol–water partition coefficient (Wildman–Crippen LogP) is 5.84. The minimum absolute atomic E-state index is 0.0289. The molecular formula is C22H13ClFNO4S2. The van der Waals surface area contributed by atoms with Gasteiger partial charge in [0.25, 0.3) is 5.91 Å². The molecule has 1 aromatic heterocycles. The summed E-state index contributed by atoms with van der Waals surface area (Å²) in [7, 11) is 0. The molecule has 3 aromatic rings. The summed E-state index contributed by atoms with van der Waals surface area (Å²) >= 11 is 12.4. The van der Waals surface area contributed by atoms with Crippen molar-refractivity contribution in [3.05, 3.63) is 87.2 Å². The van der Waals surface area contributed by atoms with Gasteiger partial charge in [-0.05, 0) is 48.0 Å². The summed E-state index contributed by atoms with van der Waals surface area (Å²) in [5.74, 6) is -0.893. The first-order chi connectivity index (χ1) is 14.8. The number of thiocarbonyl (C=S) groups is 1. The highest BCUT2D eigenvalue weighted by molar-refractivity contribution is 8.26. The van der Waals surface area contributed by atoms with Crippen molar-refractivity contribution in [2.45, 2.75) is 6.54 Å². The van der Waals surface area contributed by atoms with Gasteiger partial charge in [0, 0.05) is 11.6 Å². The quantitative estimate of drug-likeness (QED) is 0.371.